The molecule has 4 heteroatoms. The largest absolute Gasteiger partial charge is 0.460 e. The lowest BCUT2D eigenvalue weighted by atomic mass is 10.0. The summed E-state index contributed by atoms with van der Waals surface area (Å²) < 4.78 is 10.2. The zero-order valence-electron chi connectivity index (χ0n) is 11.6. The standard InChI is InChI=1S/C16H19NO3/c1-2-19-16(18)15-13(11-14(17)20-15)10-6-9-12-7-4-3-5-8-12/h3-5,7-8,11H,2,6,9-10,17H2,1H3. The fraction of sp³-hybridized carbons (Fsp3) is 0.312. The van der Waals surface area contributed by atoms with Crippen LogP contribution in [0.2, 0.25) is 0 Å². The molecular formula is C16H19NO3. The molecule has 2 aromatic rings. The lowest BCUT2D eigenvalue weighted by molar-refractivity contribution is 0.0489. The third-order valence-corrected chi connectivity index (χ3v) is 3.04. The normalized spacial score (nSPS) is 10.4. The predicted molar refractivity (Wildman–Crippen MR) is 77.5 cm³/mol. The first-order valence-corrected chi connectivity index (χ1v) is 6.80. The summed E-state index contributed by atoms with van der Waals surface area (Å²) >= 11 is 0. The summed E-state index contributed by atoms with van der Waals surface area (Å²) in [7, 11) is 0. The Morgan fingerprint density at radius 1 is 1.25 bits per heavy atom. The topological polar surface area (TPSA) is 65.5 Å². The average molecular weight is 273 g/mol. The van der Waals surface area contributed by atoms with E-state index in [9.17, 15) is 4.79 Å². The molecule has 0 unspecified atom stereocenters. The molecule has 0 fully saturated rings. The molecule has 106 valence electrons. The smallest absolute Gasteiger partial charge is 0.374 e. The number of ether oxygens (including phenoxy) is 1. The van der Waals surface area contributed by atoms with Gasteiger partial charge in [0.1, 0.15) is 0 Å². The third kappa shape index (κ3) is 3.63. The van der Waals surface area contributed by atoms with Crippen molar-refractivity contribution in [2.75, 3.05) is 12.3 Å². The maximum Gasteiger partial charge on any atom is 0.374 e. The Labute approximate surface area is 118 Å². The van der Waals surface area contributed by atoms with Gasteiger partial charge in [0.05, 0.1) is 6.61 Å². The second-order valence-corrected chi connectivity index (χ2v) is 4.56. The number of carbonyl (C=O) groups excluding carboxylic acids is 1. The number of carbonyl (C=O) groups is 1. The average Bonchev–Trinajstić information content (AvgIpc) is 2.81. The fourth-order valence-electron chi connectivity index (χ4n) is 2.13. The molecule has 0 saturated carbocycles. The van der Waals surface area contributed by atoms with Crippen molar-refractivity contribution in [2.24, 2.45) is 0 Å². The van der Waals surface area contributed by atoms with Gasteiger partial charge >= 0.3 is 5.97 Å². The van der Waals surface area contributed by atoms with E-state index in [1.807, 2.05) is 18.2 Å². The maximum atomic E-state index is 11.7. The Balaban J connectivity index is 1.97. The Morgan fingerprint density at radius 3 is 2.70 bits per heavy atom. The van der Waals surface area contributed by atoms with E-state index in [-0.39, 0.29) is 11.6 Å². The first kappa shape index (κ1) is 14.2. The molecule has 0 bridgehead atoms. The van der Waals surface area contributed by atoms with Crippen LogP contribution in [-0.4, -0.2) is 12.6 Å². The van der Waals surface area contributed by atoms with Gasteiger partial charge in [-0.05, 0) is 31.7 Å². The lowest BCUT2D eigenvalue weighted by Crippen LogP contribution is -2.06. The molecule has 0 amide bonds. The van der Waals surface area contributed by atoms with Gasteiger partial charge in [-0.3, -0.25) is 0 Å². The van der Waals surface area contributed by atoms with Crippen LogP contribution in [-0.2, 0) is 17.6 Å². The van der Waals surface area contributed by atoms with Crippen LogP contribution in [0.15, 0.2) is 40.8 Å². The highest BCUT2D eigenvalue weighted by Gasteiger charge is 2.18. The summed E-state index contributed by atoms with van der Waals surface area (Å²) in [5.41, 5.74) is 7.72. The van der Waals surface area contributed by atoms with Crippen LogP contribution in [0, 0.1) is 0 Å². The number of nitrogens with two attached hydrogens (primary N) is 1. The number of rotatable bonds is 6. The molecule has 0 aliphatic rings. The molecule has 1 aromatic heterocycles. The van der Waals surface area contributed by atoms with Gasteiger partial charge in [-0.2, -0.15) is 0 Å². The van der Waals surface area contributed by atoms with Crippen molar-refractivity contribution in [2.45, 2.75) is 26.2 Å². The molecular weight excluding hydrogens is 254 g/mol. The van der Waals surface area contributed by atoms with Crippen molar-refractivity contribution in [3.63, 3.8) is 0 Å². The van der Waals surface area contributed by atoms with E-state index in [4.69, 9.17) is 14.9 Å². The summed E-state index contributed by atoms with van der Waals surface area (Å²) in [6.45, 7) is 2.09. The van der Waals surface area contributed by atoms with Gasteiger partial charge in [0, 0.05) is 11.6 Å². The van der Waals surface area contributed by atoms with E-state index >= 15 is 0 Å². The van der Waals surface area contributed by atoms with E-state index < -0.39 is 5.97 Å². The van der Waals surface area contributed by atoms with Crippen molar-refractivity contribution in [3.8, 4) is 0 Å². The molecule has 2 rings (SSSR count). The summed E-state index contributed by atoms with van der Waals surface area (Å²) in [6, 6.07) is 11.9. The number of esters is 1. The summed E-state index contributed by atoms with van der Waals surface area (Å²) in [4.78, 5) is 11.7. The number of nitrogen functional groups attached to an aromatic ring is 1. The van der Waals surface area contributed by atoms with Gasteiger partial charge < -0.3 is 14.9 Å². The molecule has 0 aliphatic heterocycles. The number of furan rings is 1. The van der Waals surface area contributed by atoms with Gasteiger partial charge in [-0.25, -0.2) is 4.79 Å². The quantitative estimate of drug-likeness (QED) is 0.821. The van der Waals surface area contributed by atoms with Crippen LogP contribution < -0.4 is 5.73 Å². The molecule has 0 spiro atoms. The minimum atomic E-state index is -0.445. The number of hydrogen-bond acceptors (Lipinski definition) is 4. The van der Waals surface area contributed by atoms with Crippen LogP contribution in [0.3, 0.4) is 0 Å². The molecule has 1 heterocycles. The van der Waals surface area contributed by atoms with Crippen molar-refractivity contribution in [1.29, 1.82) is 0 Å². The molecule has 20 heavy (non-hydrogen) atoms. The zero-order chi connectivity index (χ0) is 14.4. The van der Waals surface area contributed by atoms with Crippen LogP contribution in [0.25, 0.3) is 0 Å². The van der Waals surface area contributed by atoms with Gasteiger partial charge in [0.15, 0.2) is 5.88 Å². The van der Waals surface area contributed by atoms with E-state index in [0.29, 0.717) is 6.61 Å². The number of benzene rings is 1. The van der Waals surface area contributed by atoms with Crippen molar-refractivity contribution in [3.05, 3.63) is 53.3 Å². The lowest BCUT2D eigenvalue weighted by Gasteiger charge is -2.03. The molecule has 0 aliphatic carbocycles. The van der Waals surface area contributed by atoms with E-state index in [2.05, 4.69) is 12.1 Å². The zero-order valence-corrected chi connectivity index (χ0v) is 11.6. The molecule has 0 radical (unpaired) electrons. The highest BCUT2D eigenvalue weighted by Crippen LogP contribution is 2.20. The number of hydrogen-bond donors (Lipinski definition) is 1. The van der Waals surface area contributed by atoms with E-state index in [1.54, 1.807) is 13.0 Å². The fourth-order valence-corrected chi connectivity index (χ4v) is 2.13. The maximum absolute atomic E-state index is 11.7. The SMILES string of the molecule is CCOC(=O)c1oc(N)cc1CCCc1ccccc1. The molecule has 4 nitrogen and oxygen atoms in total. The summed E-state index contributed by atoms with van der Waals surface area (Å²) in [5, 5.41) is 0. The molecule has 0 atom stereocenters. The highest BCUT2D eigenvalue weighted by molar-refractivity contribution is 5.88. The first-order valence-electron chi connectivity index (χ1n) is 6.80. The third-order valence-electron chi connectivity index (χ3n) is 3.04. The van der Waals surface area contributed by atoms with Crippen molar-refractivity contribution < 1.29 is 13.9 Å². The first-order chi connectivity index (χ1) is 9.70. The molecule has 2 N–H and O–H groups in total. The molecule has 1 aromatic carbocycles. The Bertz CT molecular complexity index is 560. The Kier molecular flexibility index (Phi) is 4.82. The minimum absolute atomic E-state index is 0.234. The minimum Gasteiger partial charge on any atom is -0.460 e. The second-order valence-electron chi connectivity index (χ2n) is 4.56. The molecule has 0 saturated heterocycles. The van der Waals surface area contributed by atoms with Gasteiger partial charge in [0.25, 0.3) is 0 Å². The highest BCUT2D eigenvalue weighted by atomic mass is 16.5. The van der Waals surface area contributed by atoms with Crippen molar-refractivity contribution in [1.82, 2.24) is 0 Å². The van der Waals surface area contributed by atoms with Crippen LogP contribution in [0.1, 0.15) is 35.0 Å². The number of anilines is 1. The van der Waals surface area contributed by atoms with Gasteiger partial charge in [-0.15, -0.1) is 0 Å². The van der Waals surface area contributed by atoms with E-state index in [0.717, 1.165) is 24.8 Å². The van der Waals surface area contributed by atoms with E-state index in [1.165, 1.54) is 5.56 Å². The van der Waals surface area contributed by atoms with Gasteiger partial charge in [0.2, 0.25) is 5.76 Å². The number of aryl methyl sites for hydroxylation is 2. The monoisotopic (exact) mass is 273 g/mol. The summed E-state index contributed by atoms with van der Waals surface area (Å²) in [5.74, 6) is 0.0408. The van der Waals surface area contributed by atoms with Gasteiger partial charge in [-0.1, -0.05) is 30.3 Å². The summed E-state index contributed by atoms with van der Waals surface area (Å²) in [6.07, 6.45) is 2.62. The Morgan fingerprint density at radius 2 is 2.00 bits per heavy atom. The van der Waals surface area contributed by atoms with Crippen LogP contribution in [0.4, 0.5) is 5.88 Å². The second kappa shape index (κ2) is 6.80. The van der Waals surface area contributed by atoms with Crippen LogP contribution in [0.5, 0.6) is 0 Å². The van der Waals surface area contributed by atoms with Crippen molar-refractivity contribution >= 4 is 11.9 Å². The van der Waals surface area contributed by atoms with Crippen LogP contribution >= 0.6 is 0 Å². The predicted octanol–water partition coefficient (Wildman–Crippen LogP) is 3.21. The Hall–Kier alpha value is -2.23.